The van der Waals surface area contributed by atoms with Crippen LogP contribution in [0.25, 0.3) is 0 Å². The van der Waals surface area contributed by atoms with E-state index in [0.717, 1.165) is 44.5 Å². The van der Waals surface area contributed by atoms with Crippen molar-refractivity contribution in [2.45, 2.75) is 46.5 Å². The largest absolute Gasteiger partial charge is 0.493 e. The summed E-state index contributed by atoms with van der Waals surface area (Å²) in [7, 11) is -0.306. The topological polar surface area (TPSA) is 70.0 Å². The zero-order valence-electron chi connectivity index (χ0n) is 17.8. The van der Waals surface area contributed by atoms with Crippen LogP contribution in [-0.4, -0.2) is 66.2 Å². The van der Waals surface area contributed by atoms with Crippen molar-refractivity contribution in [3.8, 4) is 5.75 Å². The lowest BCUT2D eigenvalue weighted by molar-refractivity contribution is 0.101. The van der Waals surface area contributed by atoms with Gasteiger partial charge in [0.15, 0.2) is 5.75 Å². The van der Waals surface area contributed by atoms with Crippen LogP contribution in [0.1, 0.15) is 56.8 Å². The molecule has 0 fully saturated rings. The van der Waals surface area contributed by atoms with Gasteiger partial charge in [-0.1, -0.05) is 26.7 Å². The van der Waals surface area contributed by atoms with Gasteiger partial charge in [0, 0.05) is 35.7 Å². The molecule has 0 radical (unpaired) electrons. The summed E-state index contributed by atoms with van der Waals surface area (Å²) in [6.07, 6.45) is 4.57. The predicted molar refractivity (Wildman–Crippen MR) is 120 cm³/mol. The monoisotopic (exact) mass is 412 g/mol. The van der Waals surface area contributed by atoms with Gasteiger partial charge in [-0.2, -0.15) is 0 Å². The van der Waals surface area contributed by atoms with E-state index in [9.17, 15) is 15.0 Å². The van der Waals surface area contributed by atoms with Gasteiger partial charge in [0.2, 0.25) is 5.78 Å². The molecule has 5 nitrogen and oxygen atoms in total. The fourth-order valence-corrected chi connectivity index (χ4v) is 4.58. The molecule has 0 aliphatic heterocycles. The SMILES string of the molecule is CCCCN(CCCC)c1ccc(C(=O)C[S+](CCO)CCO)c(OCC)c1. The zero-order chi connectivity index (χ0) is 20.8. The van der Waals surface area contributed by atoms with E-state index in [0.29, 0.717) is 35.2 Å². The third kappa shape index (κ3) is 8.41. The van der Waals surface area contributed by atoms with Gasteiger partial charge < -0.3 is 19.8 Å². The van der Waals surface area contributed by atoms with E-state index >= 15 is 0 Å². The van der Waals surface area contributed by atoms with Crippen molar-refractivity contribution in [3.05, 3.63) is 23.8 Å². The molecule has 0 unspecified atom stereocenters. The number of carbonyl (C=O) groups is 1. The van der Waals surface area contributed by atoms with Crippen LogP contribution < -0.4 is 9.64 Å². The molecular weight excluding hydrogens is 374 g/mol. The van der Waals surface area contributed by atoms with E-state index in [2.05, 4.69) is 18.7 Å². The Balaban J connectivity index is 3.04. The van der Waals surface area contributed by atoms with Crippen molar-refractivity contribution < 1.29 is 19.7 Å². The fourth-order valence-electron chi connectivity index (χ4n) is 3.05. The quantitative estimate of drug-likeness (QED) is 0.322. The van der Waals surface area contributed by atoms with Crippen LogP contribution >= 0.6 is 0 Å². The molecule has 1 rings (SSSR count). The number of nitrogens with zero attached hydrogens (tertiary/aromatic N) is 1. The van der Waals surface area contributed by atoms with Crippen molar-refractivity contribution in [2.75, 3.05) is 55.1 Å². The average molecular weight is 413 g/mol. The predicted octanol–water partition coefficient (Wildman–Crippen LogP) is 3.28. The standard InChI is InChI=1S/C22H38NO4S/c1-4-7-11-23(12-8-5-2)19-9-10-20(22(17-19)27-6-3)21(26)18-28(15-13-24)16-14-25/h9-10,17,24-25H,4-8,11-16,18H2,1-3H3/q+1. The summed E-state index contributed by atoms with van der Waals surface area (Å²) >= 11 is 0. The van der Waals surface area contributed by atoms with E-state index in [-0.39, 0.29) is 29.9 Å². The second kappa shape index (κ2) is 14.7. The van der Waals surface area contributed by atoms with Crippen LogP contribution in [0.4, 0.5) is 5.69 Å². The van der Waals surface area contributed by atoms with E-state index < -0.39 is 0 Å². The second-order valence-corrected chi connectivity index (χ2v) is 9.17. The van der Waals surface area contributed by atoms with Gasteiger partial charge in [0.1, 0.15) is 17.3 Å². The summed E-state index contributed by atoms with van der Waals surface area (Å²) in [5.74, 6) is 2.11. The number of hydrogen-bond acceptors (Lipinski definition) is 5. The number of hydrogen-bond donors (Lipinski definition) is 2. The normalized spacial score (nSPS) is 11.1. The Morgan fingerprint density at radius 2 is 1.64 bits per heavy atom. The Morgan fingerprint density at radius 3 is 2.14 bits per heavy atom. The van der Waals surface area contributed by atoms with E-state index in [4.69, 9.17) is 4.74 Å². The smallest absolute Gasteiger partial charge is 0.215 e. The number of unbranched alkanes of at least 4 members (excludes halogenated alkanes) is 2. The highest BCUT2D eigenvalue weighted by molar-refractivity contribution is 7.97. The van der Waals surface area contributed by atoms with Gasteiger partial charge in [-0.25, -0.2) is 0 Å². The van der Waals surface area contributed by atoms with Crippen molar-refractivity contribution in [1.29, 1.82) is 0 Å². The lowest BCUT2D eigenvalue weighted by Gasteiger charge is -2.25. The summed E-state index contributed by atoms with van der Waals surface area (Å²) in [4.78, 5) is 15.3. The van der Waals surface area contributed by atoms with Crippen LogP contribution in [0.15, 0.2) is 18.2 Å². The second-order valence-electron chi connectivity index (χ2n) is 6.84. The van der Waals surface area contributed by atoms with Crippen molar-refractivity contribution in [3.63, 3.8) is 0 Å². The van der Waals surface area contributed by atoms with Gasteiger partial charge in [0.25, 0.3) is 0 Å². The van der Waals surface area contributed by atoms with Crippen molar-refractivity contribution >= 4 is 22.4 Å². The number of carbonyl (C=O) groups excluding carboxylic acids is 1. The molecule has 160 valence electrons. The Morgan fingerprint density at radius 1 is 1.04 bits per heavy atom. The maximum Gasteiger partial charge on any atom is 0.215 e. The van der Waals surface area contributed by atoms with Gasteiger partial charge in [0.05, 0.1) is 25.4 Å². The Bertz CT molecular complexity index is 553. The number of Topliss-reactive ketones (excluding diaryl/α,β-unsaturated/α-hetero) is 1. The number of anilines is 1. The first-order chi connectivity index (χ1) is 13.6. The minimum atomic E-state index is -0.306. The molecule has 2 N–H and O–H groups in total. The molecular formula is C22H38NO4S+. The molecule has 1 aromatic carbocycles. The number of aliphatic hydroxyl groups is 2. The van der Waals surface area contributed by atoms with Crippen LogP contribution in [0, 0.1) is 0 Å². The van der Waals surface area contributed by atoms with Gasteiger partial charge in [-0.3, -0.25) is 4.79 Å². The van der Waals surface area contributed by atoms with E-state index in [1.165, 1.54) is 0 Å². The highest BCUT2D eigenvalue weighted by Gasteiger charge is 2.25. The summed E-state index contributed by atoms with van der Waals surface area (Å²) in [6, 6.07) is 5.91. The number of benzene rings is 1. The average Bonchev–Trinajstić information content (AvgIpc) is 2.68. The minimum Gasteiger partial charge on any atom is -0.493 e. The van der Waals surface area contributed by atoms with Crippen molar-refractivity contribution in [2.24, 2.45) is 0 Å². The zero-order valence-corrected chi connectivity index (χ0v) is 18.6. The highest BCUT2D eigenvalue weighted by Crippen LogP contribution is 2.28. The van der Waals surface area contributed by atoms with Crippen LogP contribution in [-0.2, 0) is 10.9 Å². The lowest BCUT2D eigenvalue weighted by Crippen LogP contribution is -2.27. The Labute approximate surface area is 173 Å². The first-order valence-corrected chi connectivity index (χ1v) is 12.2. The molecule has 0 spiro atoms. The van der Waals surface area contributed by atoms with E-state index in [1.54, 1.807) is 0 Å². The number of rotatable bonds is 16. The van der Waals surface area contributed by atoms with Gasteiger partial charge >= 0.3 is 0 Å². The molecule has 0 aromatic heterocycles. The van der Waals surface area contributed by atoms with Gasteiger partial charge in [-0.05, 0) is 31.9 Å². The third-order valence-corrected chi connectivity index (χ3v) is 6.78. The molecule has 28 heavy (non-hydrogen) atoms. The first kappa shape index (κ1) is 24.8. The molecule has 1 aromatic rings. The number of aliphatic hydroxyl groups excluding tert-OH is 2. The number of ether oxygens (including phenoxy) is 1. The highest BCUT2D eigenvalue weighted by atomic mass is 32.2. The van der Waals surface area contributed by atoms with Crippen LogP contribution in [0.5, 0.6) is 5.75 Å². The molecule has 0 amide bonds. The number of ketones is 1. The van der Waals surface area contributed by atoms with Crippen LogP contribution in [0.3, 0.4) is 0 Å². The fraction of sp³-hybridized carbons (Fsp3) is 0.682. The summed E-state index contributed by atoms with van der Waals surface area (Å²) < 4.78 is 5.82. The molecule has 0 aliphatic rings. The van der Waals surface area contributed by atoms with E-state index in [1.807, 2.05) is 25.1 Å². The third-order valence-electron chi connectivity index (χ3n) is 4.59. The molecule has 0 bridgehead atoms. The maximum absolute atomic E-state index is 12.9. The maximum atomic E-state index is 12.9. The van der Waals surface area contributed by atoms with Gasteiger partial charge in [-0.15, -0.1) is 0 Å². The summed E-state index contributed by atoms with van der Waals surface area (Å²) in [5, 5.41) is 18.4. The Kier molecular flexibility index (Phi) is 13.0. The minimum absolute atomic E-state index is 0.0221. The molecule has 0 saturated carbocycles. The molecule has 0 heterocycles. The molecule has 6 heteroatoms. The van der Waals surface area contributed by atoms with Crippen LogP contribution in [0.2, 0.25) is 0 Å². The first-order valence-electron chi connectivity index (χ1n) is 10.5. The Hall–Kier alpha value is -1.24. The lowest BCUT2D eigenvalue weighted by atomic mass is 10.1. The summed E-state index contributed by atoms with van der Waals surface area (Å²) in [5.41, 5.74) is 1.71. The molecule has 0 atom stereocenters. The molecule has 0 aliphatic carbocycles. The van der Waals surface area contributed by atoms with Crippen molar-refractivity contribution in [1.82, 2.24) is 0 Å². The molecule has 0 saturated heterocycles. The summed E-state index contributed by atoms with van der Waals surface area (Å²) in [6.45, 7) is 8.91.